The third-order valence-corrected chi connectivity index (χ3v) is 3.70. The number of methoxy groups -OCH3 is 1. The lowest BCUT2D eigenvalue weighted by Crippen LogP contribution is -1.98. The lowest BCUT2D eigenvalue weighted by Gasteiger charge is -2.13. The van der Waals surface area contributed by atoms with Gasteiger partial charge in [0.1, 0.15) is 5.82 Å². The van der Waals surface area contributed by atoms with E-state index in [9.17, 15) is 4.39 Å². The summed E-state index contributed by atoms with van der Waals surface area (Å²) in [6, 6.07) is 4.86. The predicted molar refractivity (Wildman–Crippen MR) is 74.4 cm³/mol. The fraction of sp³-hybridized carbons (Fsp3) is 0.250. The Morgan fingerprint density at radius 3 is 2.86 bits per heavy atom. The highest BCUT2D eigenvalue weighted by Crippen LogP contribution is 2.41. The number of ether oxygens (including phenoxy) is 2. The predicted octanol–water partition coefficient (Wildman–Crippen LogP) is 3.24. The molecule has 0 fully saturated rings. The zero-order valence-electron chi connectivity index (χ0n) is 11.5. The number of nitriles is 1. The second-order valence-electron chi connectivity index (χ2n) is 4.83. The number of aromatic nitrogens is 1. The maximum absolute atomic E-state index is 14.3. The molecule has 2 aromatic rings. The Balaban J connectivity index is 2.22. The van der Waals surface area contributed by atoms with Crippen LogP contribution in [0.4, 0.5) is 4.39 Å². The minimum Gasteiger partial charge on any atom is -0.481 e. The van der Waals surface area contributed by atoms with Crippen LogP contribution in [0.3, 0.4) is 0 Å². The van der Waals surface area contributed by atoms with Crippen LogP contribution < -0.4 is 9.47 Å². The average molecular weight is 284 g/mol. The molecule has 21 heavy (non-hydrogen) atoms. The molecule has 106 valence electrons. The zero-order chi connectivity index (χ0) is 14.8. The fourth-order valence-corrected chi connectivity index (χ4v) is 2.77. The molecule has 1 aliphatic rings. The molecule has 1 aromatic heterocycles. The summed E-state index contributed by atoms with van der Waals surface area (Å²) in [5.74, 6) is 0.620. The number of hydrogen-bond donors (Lipinski definition) is 0. The number of hydrogen-bond acceptors (Lipinski definition) is 4. The van der Waals surface area contributed by atoms with E-state index in [4.69, 9.17) is 14.7 Å². The van der Waals surface area contributed by atoms with Crippen molar-refractivity contribution in [2.75, 3.05) is 7.11 Å². The van der Waals surface area contributed by atoms with Gasteiger partial charge in [0.15, 0.2) is 5.75 Å². The van der Waals surface area contributed by atoms with Gasteiger partial charge in [0, 0.05) is 23.4 Å². The van der Waals surface area contributed by atoms with E-state index in [1.165, 1.54) is 13.2 Å². The SMILES string of the molecule is COc1cc(-c2cc(F)c3c(c2OC#N)CCC3)ccn1. The molecule has 1 heterocycles. The molecule has 4 nitrogen and oxygen atoms in total. The number of rotatable bonds is 3. The third-order valence-electron chi connectivity index (χ3n) is 3.70. The molecular formula is C16H13FN2O2. The first-order valence-electron chi connectivity index (χ1n) is 6.65. The lowest BCUT2D eigenvalue weighted by atomic mass is 9.98. The molecule has 0 unspecified atom stereocenters. The van der Waals surface area contributed by atoms with Crippen LogP contribution in [0.15, 0.2) is 24.4 Å². The second-order valence-corrected chi connectivity index (χ2v) is 4.83. The first-order valence-corrected chi connectivity index (χ1v) is 6.65. The molecule has 0 aliphatic heterocycles. The summed E-state index contributed by atoms with van der Waals surface area (Å²) in [4.78, 5) is 4.03. The molecule has 5 heteroatoms. The Bertz CT molecular complexity index is 738. The summed E-state index contributed by atoms with van der Waals surface area (Å²) in [6.45, 7) is 0. The Hall–Kier alpha value is -2.61. The van der Waals surface area contributed by atoms with E-state index in [0.29, 0.717) is 34.7 Å². The Morgan fingerprint density at radius 1 is 1.29 bits per heavy atom. The summed E-state index contributed by atoms with van der Waals surface area (Å²) >= 11 is 0. The van der Waals surface area contributed by atoms with E-state index in [0.717, 1.165) is 18.4 Å². The largest absolute Gasteiger partial charge is 0.481 e. The third kappa shape index (κ3) is 2.29. The van der Waals surface area contributed by atoms with Crippen LogP contribution in [0.25, 0.3) is 11.1 Å². The summed E-state index contributed by atoms with van der Waals surface area (Å²) in [6.07, 6.45) is 5.56. The molecule has 3 rings (SSSR count). The van der Waals surface area contributed by atoms with Gasteiger partial charge in [0.25, 0.3) is 6.26 Å². The maximum atomic E-state index is 14.3. The number of benzene rings is 1. The topological polar surface area (TPSA) is 55.1 Å². The monoisotopic (exact) mass is 284 g/mol. The van der Waals surface area contributed by atoms with Crippen LogP contribution in [0.2, 0.25) is 0 Å². The van der Waals surface area contributed by atoms with E-state index in [1.54, 1.807) is 24.6 Å². The van der Waals surface area contributed by atoms with Gasteiger partial charge in [-0.2, -0.15) is 0 Å². The molecule has 0 saturated carbocycles. The summed E-state index contributed by atoms with van der Waals surface area (Å²) < 4.78 is 24.5. The van der Waals surface area contributed by atoms with E-state index in [-0.39, 0.29) is 5.82 Å². The molecule has 1 aliphatic carbocycles. The van der Waals surface area contributed by atoms with Gasteiger partial charge in [-0.1, -0.05) is 0 Å². The minimum atomic E-state index is -0.251. The average Bonchev–Trinajstić information content (AvgIpc) is 3.00. The first-order chi connectivity index (χ1) is 10.2. The van der Waals surface area contributed by atoms with Gasteiger partial charge in [-0.05, 0) is 42.5 Å². The highest BCUT2D eigenvalue weighted by molar-refractivity contribution is 5.74. The molecule has 0 N–H and O–H groups in total. The first kappa shape index (κ1) is 13.4. The van der Waals surface area contributed by atoms with E-state index < -0.39 is 0 Å². The molecule has 1 aromatic carbocycles. The van der Waals surface area contributed by atoms with Crippen LogP contribution in [0.1, 0.15) is 17.5 Å². The molecule has 0 atom stereocenters. The van der Waals surface area contributed by atoms with Gasteiger partial charge in [-0.15, -0.1) is 5.26 Å². The van der Waals surface area contributed by atoms with Crippen molar-refractivity contribution in [2.45, 2.75) is 19.3 Å². The van der Waals surface area contributed by atoms with Crippen molar-refractivity contribution < 1.29 is 13.9 Å². The number of fused-ring (bicyclic) bond motifs is 1. The second kappa shape index (κ2) is 5.41. The van der Waals surface area contributed by atoms with Gasteiger partial charge in [0.2, 0.25) is 5.88 Å². The van der Waals surface area contributed by atoms with Crippen LogP contribution in [-0.2, 0) is 12.8 Å². The van der Waals surface area contributed by atoms with Crippen molar-refractivity contribution in [3.05, 3.63) is 41.3 Å². The summed E-state index contributed by atoms with van der Waals surface area (Å²) in [5.41, 5.74) is 2.71. The van der Waals surface area contributed by atoms with Crippen molar-refractivity contribution >= 4 is 0 Å². The Morgan fingerprint density at radius 2 is 2.10 bits per heavy atom. The van der Waals surface area contributed by atoms with Gasteiger partial charge in [0.05, 0.1) is 7.11 Å². The van der Waals surface area contributed by atoms with Crippen molar-refractivity contribution in [1.82, 2.24) is 4.98 Å². The molecule has 0 saturated heterocycles. The van der Waals surface area contributed by atoms with Crippen LogP contribution >= 0.6 is 0 Å². The van der Waals surface area contributed by atoms with Gasteiger partial charge in [-0.25, -0.2) is 9.37 Å². The molecule has 0 spiro atoms. The van der Waals surface area contributed by atoms with Gasteiger partial charge < -0.3 is 9.47 Å². The van der Waals surface area contributed by atoms with E-state index in [1.807, 2.05) is 0 Å². The standard InChI is InChI=1S/C16H13FN2O2/c1-20-15-7-10(5-6-19-15)13-8-14(17)11-3-2-4-12(11)16(13)21-9-18/h5-8H,2-4H2,1H3. The zero-order valence-corrected chi connectivity index (χ0v) is 11.5. The van der Waals surface area contributed by atoms with Crippen molar-refractivity contribution in [2.24, 2.45) is 0 Å². The normalized spacial score (nSPS) is 12.6. The minimum absolute atomic E-state index is 0.251. The number of halogens is 1. The molecule has 0 radical (unpaired) electrons. The summed E-state index contributed by atoms with van der Waals surface area (Å²) in [5, 5.41) is 8.89. The number of pyridine rings is 1. The van der Waals surface area contributed by atoms with Gasteiger partial charge >= 0.3 is 0 Å². The van der Waals surface area contributed by atoms with Crippen molar-refractivity contribution in [1.29, 1.82) is 5.26 Å². The molecular weight excluding hydrogens is 271 g/mol. The molecule has 0 bridgehead atoms. The highest BCUT2D eigenvalue weighted by atomic mass is 19.1. The maximum Gasteiger partial charge on any atom is 0.292 e. The highest BCUT2D eigenvalue weighted by Gasteiger charge is 2.24. The van der Waals surface area contributed by atoms with Crippen LogP contribution in [0.5, 0.6) is 11.6 Å². The van der Waals surface area contributed by atoms with Crippen molar-refractivity contribution in [3.8, 4) is 29.0 Å². The molecule has 0 amide bonds. The Labute approximate surface area is 121 Å². The fourth-order valence-electron chi connectivity index (χ4n) is 2.77. The number of nitrogens with zero attached hydrogens (tertiary/aromatic N) is 2. The Kier molecular flexibility index (Phi) is 3.44. The van der Waals surface area contributed by atoms with Crippen LogP contribution in [-0.4, -0.2) is 12.1 Å². The van der Waals surface area contributed by atoms with Gasteiger partial charge in [-0.3, -0.25) is 0 Å². The van der Waals surface area contributed by atoms with Crippen LogP contribution in [0, 0.1) is 17.3 Å². The van der Waals surface area contributed by atoms with E-state index in [2.05, 4.69) is 4.98 Å². The quantitative estimate of drug-likeness (QED) is 0.812. The lowest BCUT2D eigenvalue weighted by molar-refractivity contribution is 0.398. The van der Waals surface area contributed by atoms with Crippen molar-refractivity contribution in [3.63, 3.8) is 0 Å². The van der Waals surface area contributed by atoms with E-state index >= 15 is 0 Å². The smallest absolute Gasteiger partial charge is 0.292 e. The summed E-state index contributed by atoms with van der Waals surface area (Å²) in [7, 11) is 1.52.